The number of hydrogen-bond donors (Lipinski definition) is 2. The van der Waals surface area contributed by atoms with Gasteiger partial charge in [-0.2, -0.15) is 0 Å². The zero-order valence-electron chi connectivity index (χ0n) is 18.4. The van der Waals surface area contributed by atoms with Crippen molar-refractivity contribution < 1.29 is 14.6 Å². The highest BCUT2D eigenvalue weighted by Gasteiger charge is 2.29. The second-order valence-corrected chi connectivity index (χ2v) is 9.58. The molecule has 0 bridgehead atoms. The lowest BCUT2D eigenvalue weighted by Gasteiger charge is -2.37. The van der Waals surface area contributed by atoms with Crippen LogP contribution in [0.3, 0.4) is 0 Å². The van der Waals surface area contributed by atoms with Crippen LogP contribution in [-0.2, 0) is 11.2 Å². The summed E-state index contributed by atoms with van der Waals surface area (Å²) in [5, 5.41) is 12.8. The van der Waals surface area contributed by atoms with Crippen molar-refractivity contribution in [1.29, 1.82) is 0 Å². The highest BCUT2D eigenvalue weighted by atomic mass is 16.5. The summed E-state index contributed by atoms with van der Waals surface area (Å²) in [5.41, 5.74) is -0.0131. The van der Waals surface area contributed by atoms with Gasteiger partial charge in [-0.1, -0.05) is 0 Å². The molecule has 1 saturated heterocycles. The normalized spacial score (nSPS) is 25.0. The Morgan fingerprint density at radius 2 is 1.97 bits per heavy atom. The molecule has 1 aliphatic carbocycles. The van der Waals surface area contributed by atoms with Crippen molar-refractivity contribution in [1.82, 2.24) is 15.2 Å². The number of nitrogens with one attached hydrogen (secondary N) is 1. The molecule has 1 aromatic heterocycles. The first kappa shape index (κ1) is 21.4. The molecule has 3 aliphatic rings. The monoisotopic (exact) mass is 416 g/mol. The van der Waals surface area contributed by atoms with Gasteiger partial charge in [-0.05, 0) is 64.5 Å². The van der Waals surface area contributed by atoms with Gasteiger partial charge in [0.05, 0.1) is 6.61 Å². The zero-order chi connectivity index (χ0) is 21.1. The first-order chi connectivity index (χ1) is 14.4. The molecule has 2 N–H and O–H groups in total. The van der Waals surface area contributed by atoms with Gasteiger partial charge in [0.1, 0.15) is 17.2 Å². The summed E-state index contributed by atoms with van der Waals surface area (Å²) in [6, 6.07) is 2.19. The zero-order valence-corrected chi connectivity index (χ0v) is 18.4. The van der Waals surface area contributed by atoms with Crippen LogP contribution in [0.2, 0.25) is 0 Å². The van der Waals surface area contributed by atoms with Crippen LogP contribution in [0, 0.1) is 5.92 Å². The van der Waals surface area contributed by atoms with E-state index in [0.29, 0.717) is 0 Å². The summed E-state index contributed by atoms with van der Waals surface area (Å²) < 4.78 is 5.69. The van der Waals surface area contributed by atoms with Crippen LogP contribution in [0.1, 0.15) is 51.5 Å². The van der Waals surface area contributed by atoms with Crippen molar-refractivity contribution in [2.45, 2.75) is 64.0 Å². The SMILES string of the molecule is CC(C)(O)C(=O)NC1CCC(CCN2CCN(c3nccc4c3CCO4)CC2)CC1. The van der Waals surface area contributed by atoms with Crippen molar-refractivity contribution in [3.05, 3.63) is 17.8 Å². The van der Waals surface area contributed by atoms with E-state index in [1.807, 2.05) is 12.3 Å². The van der Waals surface area contributed by atoms with Crippen LogP contribution >= 0.6 is 0 Å². The summed E-state index contributed by atoms with van der Waals surface area (Å²) in [7, 11) is 0. The average molecular weight is 417 g/mol. The van der Waals surface area contributed by atoms with E-state index in [2.05, 4.69) is 20.1 Å². The quantitative estimate of drug-likeness (QED) is 0.738. The molecule has 166 valence electrons. The Hall–Kier alpha value is -1.86. The van der Waals surface area contributed by atoms with Gasteiger partial charge in [0.15, 0.2) is 0 Å². The average Bonchev–Trinajstić information content (AvgIpc) is 3.22. The second kappa shape index (κ2) is 9.10. The lowest BCUT2D eigenvalue weighted by atomic mass is 9.83. The Morgan fingerprint density at radius 3 is 2.67 bits per heavy atom. The predicted molar refractivity (Wildman–Crippen MR) is 117 cm³/mol. The van der Waals surface area contributed by atoms with E-state index < -0.39 is 5.60 Å². The Bertz CT molecular complexity index is 732. The van der Waals surface area contributed by atoms with Gasteiger partial charge < -0.3 is 20.1 Å². The van der Waals surface area contributed by atoms with Crippen LogP contribution in [0.4, 0.5) is 5.82 Å². The number of hydrogen-bond acceptors (Lipinski definition) is 6. The number of aromatic nitrogens is 1. The van der Waals surface area contributed by atoms with Gasteiger partial charge in [-0.25, -0.2) is 4.98 Å². The molecule has 1 aromatic rings. The number of nitrogens with zero attached hydrogens (tertiary/aromatic N) is 3. The third kappa shape index (κ3) is 5.06. The Labute approximate surface area is 179 Å². The number of piperazine rings is 1. The Morgan fingerprint density at radius 1 is 1.23 bits per heavy atom. The Kier molecular flexibility index (Phi) is 6.48. The third-order valence-electron chi connectivity index (χ3n) is 6.86. The van der Waals surface area contributed by atoms with Crippen molar-refractivity contribution in [3.8, 4) is 5.75 Å². The minimum atomic E-state index is -1.29. The van der Waals surface area contributed by atoms with E-state index in [1.165, 1.54) is 12.0 Å². The lowest BCUT2D eigenvalue weighted by molar-refractivity contribution is -0.137. The predicted octanol–water partition coefficient (Wildman–Crippen LogP) is 1.97. The number of carbonyl (C=O) groups is 1. The minimum Gasteiger partial charge on any atom is -0.493 e. The van der Waals surface area contributed by atoms with Gasteiger partial charge in [0.25, 0.3) is 5.91 Å². The van der Waals surface area contributed by atoms with Crippen LogP contribution in [0.25, 0.3) is 0 Å². The standard InChI is InChI=1S/C23H36N4O3/c1-23(2,29)22(28)25-18-5-3-17(4-6-18)8-11-26-12-14-27(15-13-26)21-19-9-16-30-20(19)7-10-24-21/h7,10,17-18,29H,3-6,8-9,11-16H2,1-2H3,(H,25,28). The van der Waals surface area contributed by atoms with E-state index in [9.17, 15) is 9.90 Å². The number of fused-ring (bicyclic) bond motifs is 1. The van der Waals surface area contributed by atoms with Gasteiger partial charge in [0, 0.05) is 50.4 Å². The van der Waals surface area contributed by atoms with Crippen LogP contribution in [0.5, 0.6) is 5.75 Å². The molecule has 0 unspecified atom stereocenters. The molecular formula is C23H36N4O3. The number of carbonyl (C=O) groups excluding carboxylic acids is 1. The number of amides is 1. The molecule has 0 radical (unpaired) electrons. The van der Waals surface area contributed by atoms with E-state index in [4.69, 9.17) is 4.74 Å². The fraction of sp³-hybridized carbons (Fsp3) is 0.739. The first-order valence-corrected chi connectivity index (χ1v) is 11.5. The van der Waals surface area contributed by atoms with Crippen molar-refractivity contribution in [2.24, 2.45) is 5.92 Å². The minimum absolute atomic E-state index is 0.216. The smallest absolute Gasteiger partial charge is 0.251 e. The van der Waals surface area contributed by atoms with Crippen LogP contribution < -0.4 is 15.0 Å². The van der Waals surface area contributed by atoms with E-state index in [0.717, 1.165) is 88.9 Å². The van der Waals surface area contributed by atoms with Crippen molar-refractivity contribution >= 4 is 11.7 Å². The maximum Gasteiger partial charge on any atom is 0.251 e. The summed E-state index contributed by atoms with van der Waals surface area (Å²) in [4.78, 5) is 21.6. The molecular weight excluding hydrogens is 380 g/mol. The molecule has 0 atom stereocenters. The summed E-state index contributed by atoms with van der Waals surface area (Å²) >= 11 is 0. The molecule has 0 aromatic carbocycles. The molecule has 0 spiro atoms. The van der Waals surface area contributed by atoms with Gasteiger partial charge in [-0.15, -0.1) is 0 Å². The van der Waals surface area contributed by atoms with E-state index >= 15 is 0 Å². The first-order valence-electron chi connectivity index (χ1n) is 11.5. The molecule has 7 nitrogen and oxygen atoms in total. The maximum absolute atomic E-state index is 12.0. The topological polar surface area (TPSA) is 77.9 Å². The van der Waals surface area contributed by atoms with E-state index in [1.54, 1.807) is 13.8 Å². The van der Waals surface area contributed by atoms with E-state index in [-0.39, 0.29) is 11.9 Å². The highest BCUT2D eigenvalue weighted by Crippen LogP contribution is 2.32. The number of pyridine rings is 1. The number of aliphatic hydroxyl groups is 1. The summed E-state index contributed by atoms with van der Waals surface area (Å²) in [5.74, 6) is 2.62. The lowest BCUT2D eigenvalue weighted by Crippen LogP contribution is -2.48. The molecule has 1 amide bonds. The molecule has 3 heterocycles. The number of ether oxygens (including phenoxy) is 1. The molecule has 4 rings (SSSR count). The van der Waals surface area contributed by atoms with Gasteiger partial charge >= 0.3 is 0 Å². The molecule has 2 fully saturated rings. The molecule has 30 heavy (non-hydrogen) atoms. The Balaban J connectivity index is 1.17. The second-order valence-electron chi connectivity index (χ2n) is 9.58. The van der Waals surface area contributed by atoms with Crippen molar-refractivity contribution in [2.75, 3.05) is 44.2 Å². The highest BCUT2D eigenvalue weighted by molar-refractivity contribution is 5.84. The van der Waals surface area contributed by atoms with Crippen molar-refractivity contribution in [3.63, 3.8) is 0 Å². The molecule has 2 aliphatic heterocycles. The molecule has 1 saturated carbocycles. The van der Waals surface area contributed by atoms with Gasteiger partial charge in [0.2, 0.25) is 0 Å². The summed E-state index contributed by atoms with van der Waals surface area (Å²) in [6.07, 6.45) is 8.44. The summed E-state index contributed by atoms with van der Waals surface area (Å²) in [6.45, 7) is 9.25. The number of anilines is 1. The number of rotatable bonds is 6. The van der Waals surface area contributed by atoms with Crippen LogP contribution in [-0.4, -0.2) is 71.9 Å². The molecule has 7 heteroatoms. The van der Waals surface area contributed by atoms with Crippen LogP contribution in [0.15, 0.2) is 12.3 Å². The fourth-order valence-corrected chi connectivity index (χ4v) is 4.88. The van der Waals surface area contributed by atoms with Gasteiger partial charge in [-0.3, -0.25) is 9.69 Å². The third-order valence-corrected chi connectivity index (χ3v) is 6.86. The fourth-order valence-electron chi connectivity index (χ4n) is 4.88. The maximum atomic E-state index is 12.0. The largest absolute Gasteiger partial charge is 0.493 e.